The number of aryl methyl sites for hydroxylation is 1. The van der Waals surface area contributed by atoms with Gasteiger partial charge in [-0.05, 0) is 47.8 Å². The van der Waals surface area contributed by atoms with Gasteiger partial charge in [-0.15, -0.1) is 11.3 Å². The summed E-state index contributed by atoms with van der Waals surface area (Å²) in [7, 11) is 0. The van der Waals surface area contributed by atoms with E-state index >= 15 is 0 Å². The zero-order chi connectivity index (χ0) is 17.1. The average molecular weight is 362 g/mol. The van der Waals surface area contributed by atoms with Gasteiger partial charge in [-0.3, -0.25) is 14.5 Å². The lowest BCUT2D eigenvalue weighted by atomic mass is 10.1. The molecule has 0 saturated carbocycles. The maximum Gasteiger partial charge on any atom is 0.240 e. The lowest BCUT2D eigenvalue weighted by molar-refractivity contribution is -0.121. The maximum absolute atomic E-state index is 13.3. The molecule has 8 heteroatoms. The highest BCUT2D eigenvalue weighted by atomic mass is 32.1. The standard InChI is InChI=1S/C16H15FN4OS2/c1-10-7-11(4-5-12(10)17)8-18-14(22)9-21-15(19-20-16(21)23)13-3-2-6-24-13/h2-7H,8-9H2,1H3,(H,18,22)(H,20,23). The van der Waals surface area contributed by atoms with E-state index in [1.807, 2.05) is 17.5 Å². The van der Waals surface area contributed by atoms with Gasteiger partial charge >= 0.3 is 0 Å². The number of aromatic amines is 1. The first kappa shape index (κ1) is 16.5. The summed E-state index contributed by atoms with van der Waals surface area (Å²) in [6.45, 7) is 2.10. The molecule has 24 heavy (non-hydrogen) atoms. The SMILES string of the molecule is Cc1cc(CNC(=O)Cn2c(-c3cccs3)n[nH]c2=S)ccc1F. The van der Waals surface area contributed by atoms with Gasteiger partial charge in [0, 0.05) is 6.54 Å². The molecule has 0 aliphatic heterocycles. The topological polar surface area (TPSA) is 62.7 Å². The number of nitrogens with one attached hydrogen (secondary N) is 2. The number of benzene rings is 1. The third-order valence-corrected chi connectivity index (χ3v) is 4.69. The molecule has 0 saturated heterocycles. The predicted molar refractivity (Wildman–Crippen MR) is 93.7 cm³/mol. The van der Waals surface area contributed by atoms with Crippen LogP contribution in [0.15, 0.2) is 35.7 Å². The molecule has 0 aliphatic rings. The Morgan fingerprint density at radius 3 is 3.00 bits per heavy atom. The molecule has 0 fully saturated rings. The van der Waals surface area contributed by atoms with Crippen molar-refractivity contribution in [3.63, 3.8) is 0 Å². The van der Waals surface area contributed by atoms with Crippen molar-refractivity contribution in [2.75, 3.05) is 0 Å². The Bertz CT molecular complexity index is 915. The third kappa shape index (κ3) is 3.60. The highest BCUT2D eigenvalue weighted by Gasteiger charge is 2.13. The molecule has 124 valence electrons. The molecule has 1 amide bonds. The number of halogens is 1. The highest BCUT2D eigenvalue weighted by Crippen LogP contribution is 2.22. The summed E-state index contributed by atoms with van der Waals surface area (Å²) in [6.07, 6.45) is 0. The van der Waals surface area contributed by atoms with Crippen molar-refractivity contribution in [1.82, 2.24) is 20.1 Å². The number of amides is 1. The summed E-state index contributed by atoms with van der Waals surface area (Å²) in [5, 5.41) is 11.7. The summed E-state index contributed by atoms with van der Waals surface area (Å²) >= 11 is 6.73. The summed E-state index contributed by atoms with van der Waals surface area (Å²) in [5.41, 5.74) is 1.40. The number of H-pyrrole nitrogens is 1. The van der Waals surface area contributed by atoms with Crippen LogP contribution in [-0.4, -0.2) is 20.7 Å². The number of carbonyl (C=O) groups is 1. The molecule has 0 atom stereocenters. The van der Waals surface area contributed by atoms with Crippen LogP contribution in [-0.2, 0) is 17.9 Å². The Balaban J connectivity index is 1.68. The van der Waals surface area contributed by atoms with Crippen LogP contribution >= 0.6 is 23.6 Å². The molecular formula is C16H15FN4OS2. The normalized spacial score (nSPS) is 10.8. The smallest absolute Gasteiger partial charge is 0.240 e. The van der Waals surface area contributed by atoms with Crippen LogP contribution in [0.4, 0.5) is 4.39 Å². The predicted octanol–water partition coefficient (Wildman–Crippen LogP) is 3.43. The molecule has 3 aromatic rings. The van der Waals surface area contributed by atoms with Gasteiger partial charge in [0.2, 0.25) is 5.91 Å². The summed E-state index contributed by atoms with van der Waals surface area (Å²) in [6, 6.07) is 8.61. The van der Waals surface area contributed by atoms with Crippen LogP contribution in [0.2, 0.25) is 0 Å². The van der Waals surface area contributed by atoms with Gasteiger partial charge in [-0.2, -0.15) is 5.10 Å². The van der Waals surface area contributed by atoms with Crippen LogP contribution in [0.25, 0.3) is 10.7 Å². The number of hydrogen-bond acceptors (Lipinski definition) is 4. The number of nitrogens with zero attached hydrogens (tertiary/aromatic N) is 2. The molecule has 0 spiro atoms. The highest BCUT2D eigenvalue weighted by molar-refractivity contribution is 7.71. The number of carbonyl (C=O) groups excluding carboxylic acids is 1. The van der Waals surface area contributed by atoms with E-state index < -0.39 is 0 Å². The number of hydrogen-bond donors (Lipinski definition) is 2. The monoisotopic (exact) mass is 362 g/mol. The minimum atomic E-state index is -0.254. The van der Waals surface area contributed by atoms with E-state index in [0.29, 0.717) is 22.7 Å². The van der Waals surface area contributed by atoms with Crippen molar-refractivity contribution >= 4 is 29.5 Å². The molecule has 1 aromatic carbocycles. The van der Waals surface area contributed by atoms with E-state index in [2.05, 4.69) is 15.5 Å². The Hall–Kier alpha value is -2.32. The second-order valence-corrected chi connectivity index (χ2v) is 6.61. The van der Waals surface area contributed by atoms with Gasteiger partial charge < -0.3 is 5.32 Å². The first-order valence-electron chi connectivity index (χ1n) is 7.25. The van der Waals surface area contributed by atoms with Crippen LogP contribution < -0.4 is 5.32 Å². The van der Waals surface area contributed by atoms with Gasteiger partial charge in [-0.25, -0.2) is 4.39 Å². The molecule has 2 aromatic heterocycles. The zero-order valence-electron chi connectivity index (χ0n) is 12.9. The Morgan fingerprint density at radius 1 is 1.46 bits per heavy atom. The second kappa shape index (κ2) is 7.06. The Kier molecular flexibility index (Phi) is 4.86. The van der Waals surface area contributed by atoms with Gasteiger partial charge in [-0.1, -0.05) is 18.2 Å². The number of aromatic nitrogens is 3. The van der Waals surface area contributed by atoms with E-state index in [9.17, 15) is 9.18 Å². The lowest BCUT2D eigenvalue weighted by Crippen LogP contribution is -2.27. The van der Waals surface area contributed by atoms with Gasteiger partial charge in [0.1, 0.15) is 12.4 Å². The van der Waals surface area contributed by atoms with Crippen LogP contribution in [0.5, 0.6) is 0 Å². The summed E-state index contributed by atoms with van der Waals surface area (Å²) in [4.78, 5) is 13.2. The molecule has 5 nitrogen and oxygen atoms in total. The first-order valence-corrected chi connectivity index (χ1v) is 8.54. The van der Waals surface area contributed by atoms with Gasteiger partial charge in [0.15, 0.2) is 10.6 Å². The minimum Gasteiger partial charge on any atom is -0.350 e. The van der Waals surface area contributed by atoms with Crippen LogP contribution in [0, 0.1) is 17.5 Å². The fourth-order valence-corrected chi connectivity index (χ4v) is 3.19. The van der Waals surface area contributed by atoms with Crippen molar-refractivity contribution in [3.05, 3.63) is 57.4 Å². The molecule has 3 rings (SSSR count). The quantitative estimate of drug-likeness (QED) is 0.684. The van der Waals surface area contributed by atoms with Crippen LogP contribution in [0.1, 0.15) is 11.1 Å². The molecule has 0 radical (unpaired) electrons. The molecular weight excluding hydrogens is 347 g/mol. The molecule has 2 N–H and O–H groups in total. The molecule has 2 heterocycles. The Morgan fingerprint density at radius 2 is 2.29 bits per heavy atom. The van der Waals surface area contributed by atoms with Gasteiger partial charge in [0.05, 0.1) is 4.88 Å². The average Bonchev–Trinajstić information content (AvgIpc) is 3.19. The van der Waals surface area contributed by atoms with E-state index in [-0.39, 0.29) is 18.3 Å². The zero-order valence-corrected chi connectivity index (χ0v) is 14.5. The maximum atomic E-state index is 13.3. The van der Waals surface area contributed by atoms with Crippen molar-refractivity contribution in [2.24, 2.45) is 0 Å². The van der Waals surface area contributed by atoms with Crippen molar-refractivity contribution in [2.45, 2.75) is 20.0 Å². The minimum absolute atomic E-state index is 0.0722. The van der Waals surface area contributed by atoms with Crippen molar-refractivity contribution in [1.29, 1.82) is 0 Å². The number of thiophene rings is 1. The van der Waals surface area contributed by atoms with Crippen molar-refractivity contribution in [3.8, 4) is 10.7 Å². The van der Waals surface area contributed by atoms with E-state index in [1.54, 1.807) is 23.6 Å². The largest absolute Gasteiger partial charge is 0.350 e. The fourth-order valence-electron chi connectivity index (χ4n) is 2.28. The first-order chi connectivity index (χ1) is 11.5. The van der Waals surface area contributed by atoms with E-state index in [4.69, 9.17) is 12.2 Å². The van der Waals surface area contributed by atoms with Crippen LogP contribution in [0.3, 0.4) is 0 Å². The molecule has 0 unspecified atom stereocenters. The third-order valence-electron chi connectivity index (χ3n) is 3.51. The Labute approximate surface area is 147 Å². The number of rotatable bonds is 5. The van der Waals surface area contributed by atoms with Crippen molar-refractivity contribution < 1.29 is 9.18 Å². The lowest BCUT2D eigenvalue weighted by Gasteiger charge is -2.08. The molecule has 0 aliphatic carbocycles. The molecule has 0 bridgehead atoms. The van der Waals surface area contributed by atoms with Gasteiger partial charge in [0.25, 0.3) is 0 Å². The fraction of sp³-hybridized carbons (Fsp3) is 0.188. The summed E-state index contributed by atoms with van der Waals surface area (Å²) in [5.74, 6) is 0.199. The second-order valence-electron chi connectivity index (χ2n) is 5.28. The van der Waals surface area contributed by atoms with E-state index in [1.165, 1.54) is 17.4 Å². The van der Waals surface area contributed by atoms with E-state index in [0.717, 1.165) is 10.4 Å². The summed E-state index contributed by atoms with van der Waals surface area (Å²) < 4.78 is 15.3.